The van der Waals surface area contributed by atoms with Crippen molar-refractivity contribution in [3.05, 3.63) is 0 Å². The van der Waals surface area contributed by atoms with Gasteiger partial charge in [-0.1, -0.05) is 0 Å². The van der Waals surface area contributed by atoms with Gasteiger partial charge in [0.2, 0.25) is 0 Å². The summed E-state index contributed by atoms with van der Waals surface area (Å²) in [6.45, 7) is 0. The van der Waals surface area contributed by atoms with Crippen LogP contribution in [0.2, 0.25) is 0 Å². The molecule has 88 valence electrons. The third-order valence-corrected chi connectivity index (χ3v) is 0. The maximum absolute atomic E-state index is 8.74. The molecule has 0 saturated heterocycles. The van der Waals surface area contributed by atoms with Gasteiger partial charge in [0.25, 0.3) is 0 Å². The van der Waals surface area contributed by atoms with E-state index in [9.17, 15) is 0 Å². The first-order valence-corrected chi connectivity index (χ1v) is 5.86. The van der Waals surface area contributed by atoms with Crippen LogP contribution in [-0.2, 0) is 13.4 Å². The summed E-state index contributed by atoms with van der Waals surface area (Å²) < 4.78 is 26.2. The normalized spacial score (nSPS) is 4.80. The van der Waals surface area contributed by atoms with E-state index in [0.717, 1.165) is 0 Å². The summed E-state index contributed by atoms with van der Waals surface area (Å²) in [5.41, 5.74) is 0. The average Bonchev–Trinajstić information content (AvgIpc) is 1.54. The molecule has 0 bridgehead atoms. The minimum absolute atomic E-state index is 0. The topological polar surface area (TPSA) is 173 Å². The van der Waals surface area contributed by atoms with Gasteiger partial charge in [-0.3, -0.25) is 13.4 Å². The molecule has 0 aromatic carbocycles. The molecule has 15 heavy (non-hydrogen) atoms. The van der Waals surface area contributed by atoms with Gasteiger partial charge in [-0.05, 0) is 0 Å². The van der Waals surface area contributed by atoms with Crippen molar-refractivity contribution >= 4 is 100.0 Å². The standard InChI is InChI=1S/2Al.Ca.3H2O3Si.8H/c;;;3*1-4(2)3;;;;;;;;/h;;;3*1-2H;;;;;;;;. The Morgan fingerprint density at radius 3 is 0.533 bits per heavy atom. The fourth-order valence-electron chi connectivity index (χ4n) is 0. The van der Waals surface area contributed by atoms with Crippen molar-refractivity contribution in [1.82, 2.24) is 0 Å². The Morgan fingerprint density at radius 1 is 0.533 bits per heavy atom. The SMILES string of the molecule is O=[Si](O)O.O=[Si](O)O.O=[Si](O)O.[AlH3].[AlH3].[CaH2]. The van der Waals surface area contributed by atoms with Crippen LogP contribution in [0.1, 0.15) is 0 Å². The van der Waals surface area contributed by atoms with Crippen molar-refractivity contribution in [3.8, 4) is 0 Å². The van der Waals surface area contributed by atoms with E-state index < -0.39 is 27.5 Å². The number of rotatable bonds is 0. The Bertz CT molecular complexity index is 121. The predicted molar refractivity (Wildman–Crippen MR) is 61.1 cm³/mol. The fraction of sp³-hybridized carbons (Fsp3) is 0. The summed E-state index contributed by atoms with van der Waals surface area (Å²) >= 11 is 0. The van der Waals surface area contributed by atoms with Crippen molar-refractivity contribution in [2.45, 2.75) is 0 Å². The molecular formula is H14Al2CaO9Si3. The second-order valence-electron chi connectivity index (χ2n) is 0.848. The van der Waals surface area contributed by atoms with Crippen LogP contribution in [0.3, 0.4) is 0 Å². The van der Waals surface area contributed by atoms with Gasteiger partial charge < -0.3 is 28.8 Å². The molecule has 0 amide bonds. The third-order valence-electron chi connectivity index (χ3n) is 0. The summed E-state index contributed by atoms with van der Waals surface area (Å²) in [7, 11) is -9.39. The van der Waals surface area contributed by atoms with Crippen molar-refractivity contribution in [2.75, 3.05) is 0 Å². The van der Waals surface area contributed by atoms with Gasteiger partial charge in [-0.25, -0.2) is 0 Å². The van der Waals surface area contributed by atoms with E-state index >= 15 is 0 Å². The molecule has 6 N–H and O–H groups in total. The van der Waals surface area contributed by atoms with Gasteiger partial charge in [-0.15, -0.1) is 0 Å². The van der Waals surface area contributed by atoms with Crippen LogP contribution >= 0.6 is 0 Å². The van der Waals surface area contributed by atoms with Crippen molar-refractivity contribution in [2.24, 2.45) is 0 Å². The van der Waals surface area contributed by atoms with E-state index in [1.807, 2.05) is 0 Å². The zero-order valence-electron chi connectivity index (χ0n) is 5.41. The molecule has 0 rings (SSSR count). The fourth-order valence-corrected chi connectivity index (χ4v) is 0. The monoisotopic (exact) mass is 336 g/mol. The summed E-state index contributed by atoms with van der Waals surface area (Å²) in [6.07, 6.45) is 0. The average molecular weight is 336 g/mol. The van der Waals surface area contributed by atoms with Gasteiger partial charge in [0, 0.05) is 0 Å². The zero-order chi connectivity index (χ0) is 10.7. The molecule has 0 spiro atoms. The van der Waals surface area contributed by atoms with Crippen LogP contribution < -0.4 is 0 Å². The predicted octanol–water partition coefficient (Wildman–Crippen LogP) is -8.12. The molecule has 15 heteroatoms. The van der Waals surface area contributed by atoms with Crippen LogP contribution in [0.4, 0.5) is 0 Å². The van der Waals surface area contributed by atoms with Gasteiger partial charge in [0.15, 0.2) is 34.7 Å². The molecule has 0 aliphatic rings. The van der Waals surface area contributed by atoms with Crippen molar-refractivity contribution in [1.29, 1.82) is 0 Å². The first kappa shape index (κ1) is 36.0. The first-order valence-electron chi connectivity index (χ1n) is 1.95. The summed E-state index contributed by atoms with van der Waals surface area (Å²) in [5, 5.41) is 0. The molecular weight excluding hydrogens is 322 g/mol. The molecule has 0 aliphatic heterocycles. The van der Waals surface area contributed by atoms with E-state index in [1.54, 1.807) is 0 Å². The van der Waals surface area contributed by atoms with Crippen molar-refractivity contribution in [3.63, 3.8) is 0 Å². The van der Waals surface area contributed by atoms with Crippen LogP contribution in [0.15, 0.2) is 0 Å². The van der Waals surface area contributed by atoms with E-state index in [4.69, 9.17) is 42.2 Å². The molecule has 0 unspecified atom stereocenters. The third kappa shape index (κ3) is 1910. The summed E-state index contributed by atoms with van der Waals surface area (Å²) in [5.74, 6) is 0. The van der Waals surface area contributed by atoms with Crippen LogP contribution in [0.25, 0.3) is 0 Å². The number of hydrogen-bond donors (Lipinski definition) is 6. The molecule has 0 saturated carbocycles. The van der Waals surface area contributed by atoms with E-state index in [1.165, 1.54) is 0 Å². The van der Waals surface area contributed by atoms with E-state index in [-0.39, 0.29) is 72.5 Å². The Morgan fingerprint density at radius 2 is 0.533 bits per heavy atom. The second kappa shape index (κ2) is 29.5. The first-order chi connectivity index (χ1) is 5.20. The molecule has 0 aromatic rings. The van der Waals surface area contributed by atoms with E-state index in [2.05, 4.69) is 0 Å². The van der Waals surface area contributed by atoms with E-state index in [0.29, 0.717) is 0 Å². The van der Waals surface area contributed by atoms with Gasteiger partial charge in [0.1, 0.15) is 0 Å². The molecule has 0 aromatic heterocycles. The Kier molecular flexibility index (Phi) is 70.6. The Balaban J connectivity index is -0.0000000184. The quantitative estimate of drug-likeness (QED) is 0.235. The molecule has 0 radical (unpaired) electrons. The summed E-state index contributed by atoms with van der Waals surface area (Å²) in [6, 6.07) is 0. The van der Waals surface area contributed by atoms with Gasteiger partial charge in [0.05, 0.1) is 0 Å². The second-order valence-corrected chi connectivity index (χ2v) is 2.54. The van der Waals surface area contributed by atoms with Gasteiger partial charge >= 0.3 is 65.2 Å². The Labute approximate surface area is 140 Å². The molecule has 0 aliphatic carbocycles. The minimum atomic E-state index is -3.13. The Hall–Kier alpha value is 1.18. The zero-order valence-corrected chi connectivity index (χ0v) is 8.41. The summed E-state index contributed by atoms with van der Waals surface area (Å²) in [4.78, 5) is 42.9. The van der Waals surface area contributed by atoms with Crippen LogP contribution in [0, 0.1) is 0 Å². The maximum atomic E-state index is 8.74. The van der Waals surface area contributed by atoms with Crippen molar-refractivity contribution < 1.29 is 42.2 Å². The number of hydrogen-bond acceptors (Lipinski definition) is 3. The van der Waals surface area contributed by atoms with Crippen LogP contribution in [-0.4, -0.2) is 129 Å². The van der Waals surface area contributed by atoms with Gasteiger partial charge in [-0.2, -0.15) is 0 Å². The molecule has 0 atom stereocenters. The molecule has 0 heterocycles. The molecule has 9 nitrogen and oxygen atoms in total. The van der Waals surface area contributed by atoms with Crippen LogP contribution in [0.5, 0.6) is 0 Å². The molecule has 0 fully saturated rings.